The van der Waals surface area contributed by atoms with Gasteiger partial charge in [-0.2, -0.15) is 19.9 Å². The fourth-order valence-corrected chi connectivity index (χ4v) is 18.4. The summed E-state index contributed by atoms with van der Waals surface area (Å²) in [5, 5.41) is 11.7. The van der Waals surface area contributed by atoms with Crippen LogP contribution in [0, 0.1) is 0 Å². The second kappa shape index (κ2) is 29.9. The minimum atomic E-state index is -0.135. The molecule has 0 radical (unpaired) electrons. The van der Waals surface area contributed by atoms with E-state index in [9.17, 15) is 0 Å². The molecule has 0 atom stereocenters. The van der Waals surface area contributed by atoms with Crippen LogP contribution in [0.25, 0.3) is 212 Å². The fourth-order valence-electron chi connectivity index (χ4n) is 18.4. The van der Waals surface area contributed by atoms with E-state index in [1.54, 1.807) is 0 Å². The van der Waals surface area contributed by atoms with Gasteiger partial charge in [0, 0.05) is 93.0 Å². The van der Waals surface area contributed by atoms with Gasteiger partial charge in [0.05, 0.1) is 60.9 Å². The molecule has 24 aromatic rings. The SMILES string of the molecule is C.CC1(C)c2ccccc2-c2ccc3c(c21)c1ccccc1n3-c1nc(-c2ccccc2)nc(-c2ccccc2)n1.c1ccc(-c2cc(-c3ccccc3)nc(-n3c4ccccc4c4c5oc6ccccc6c5ccc43)n2)cc1.c1ccc(-c2nc(-c3ccccc3)nc(-n3c4ccccc4c4c5c6ccccc6n(-c6ccccc6)c5ccc43)n2)cc1. The molecule has 0 aliphatic heterocycles. The van der Waals surface area contributed by atoms with E-state index in [1.807, 2.05) is 170 Å². The largest absolute Gasteiger partial charge is 0.455 e. The highest BCUT2D eigenvalue weighted by molar-refractivity contribution is 6.29. The topological polar surface area (TPSA) is 136 Å². The summed E-state index contributed by atoms with van der Waals surface area (Å²) in [6.45, 7) is 4.68. The van der Waals surface area contributed by atoms with Crippen LogP contribution in [0.3, 0.4) is 0 Å². The van der Waals surface area contributed by atoms with Crippen LogP contribution in [0.15, 0.2) is 405 Å². The molecule has 0 fully saturated rings. The van der Waals surface area contributed by atoms with E-state index in [-0.39, 0.29) is 12.8 Å². The number of hydrogen-bond acceptors (Lipinski definition) is 9. The molecule has 13 heteroatoms. The molecule has 16 aromatic carbocycles. The highest BCUT2D eigenvalue weighted by Gasteiger charge is 2.39. The van der Waals surface area contributed by atoms with Gasteiger partial charge in [0.15, 0.2) is 23.3 Å². The molecule has 0 spiro atoms. The zero-order valence-electron chi connectivity index (χ0n) is 66.4. The van der Waals surface area contributed by atoms with Crippen molar-refractivity contribution in [1.82, 2.24) is 58.1 Å². The fraction of sp³-hybridized carbons (Fsp3) is 0.0364. The van der Waals surface area contributed by atoms with Crippen LogP contribution in [0.2, 0.25) is 0 Å². The van der Waals surface area contributed by atoms with E-state index in [0.29, 0.717) is 41.1 Å². The van der Waals surface area contributed by atoms with E-state index in [0.717, 1.165) is 122 Å². The highest BCUT2D eigenvalue weighted by Crippen LogP contribution is 2.54. The molecule has 25 rings (SSSR count). The van der Waals surface area contributed by atoms with Crippen molar-refractivity contribution in [2.24, 2.45) is 0 Å². The molecule has 8 aromatic heterocycles. The quantitative estimate of drug-likeness (QED) is 0.131. The van der Waals surface area contributed by atoms with Crippen molar-refractivity contribution in [3.8, 4) is 103 Å². The number of rotatable bonds is 10. The molecule has 582 valence electrons. The number of aromatic nitrogens is 12. The first-order chi connectivity index (χ1) is 60.3. The summed E-state index contributed by atoms with van der Waals surface area (Å²) < 4.78 is 15.4. The molecule has 13 nitrogen and oxygen atoms in total. The van der Waals surface area contributed by atoms with Gasteiger partial charge in [0.1, 0.15) is 11.2 Å². The first kappa shape index (κ1) is 73.0. The average Bonchev–Trinajstić information content (AvgIpc) is 1.55. The Kier molecular flexibility index (Phi) is 17.8. The minimum absolute atomic E-state index is 0. The Morgan fingerprint density at radius 2 is 0.561 bits per heavy atom. The van der Waals surface area contributed by atoms with Crippen LogP contribution in [-0.2, 0) is 5.41 Å². The van der Waals surface area contributed by atoms with E-state index in [4.69, 9.17) is 44.3 Å². The van der Waals surface area contributed by atoms with Gasteiger partial charge in [-0.1, -0.05) is 343 Å². The first-order valence-corrected chi connectivity index (χ1v) is 41.1. The molecular weight excluding hydrogens is 1510 g/mol. The van der Waals surface area contributed by atoms with Crippen molar-refractivity contribution in [2.75, 3.05) is 0 Å². The van der Waals surface area contributed by atoms with Gasteiger partial charge in [-0.3, -0.25) is 13.7 Å². The van der Waals surface area contributed by atoms with E-state index < -0.39 is 0 Å². The van der Waals surface area contributed by atoms with Crippen molar-refractivity contribution >= 4 is 109 Å². The Morgan fingerprint density at radius 1 is 0.236 bits per heavy atom. The lowest BCUT2D eigenvalue weighted by Crippen LogP contribution is -2.15. The number of hydrogen-bond donors (Lipinski definition) is 0. The number of nitrogens with zero attached hydrogens (tertiary/aromatic N) is 12. The third kappa shape index (κ3) is 12.2. The highest BCUT2D eigenvalue weighted by atomic mass is 16.3. The molecule has 0 unspecified atom stereocenters. The number of furan rings is 1. The number of benzene rings is 16. The maximum atomic E-state index is 6.45. The Labute approximate surface area is 708 Å². The maximum absolute atomic E-state index is 6.45. The number of fused-ring (bicyclic) bond motifs is 21. The second-order valence-corrected chi connectivity index (χ2v) is 31.3. The Hall–Kier alpha value is -16.4. The molecule has 1 aliphatic rings. The normalized spacial score (nSPS) is 12.1. The summed E-state index contributed by atoms with van der Waals surface area (Å²) >= 11 is 0. The maximum Gasteiger partial charge on any atom is 0.238 e. The van der Waals surface area contributed by atoms with Gasteiger partial charge < -0.3 is 8.98 Å². The van der Waals surface area contributed by atoms with Crippen LogP contribution in [0.4, 0.5) is 0 Å². The smallest absolute Gasteiger partial charge is 0.238 e. The molecule has 8 heterocycles. The van der Waals surface area contributed by atoms with E-state index in [1.165, 1.54) is 60.2 Å². The van der Waals surface area contributed by atoms with Gasteiger partial charge >= 0.3 is 0 Å². The summed E-state index contributed by atoms with van der Waals surface area (Å²) in [6, 6.07) is 138. The van der Waals surface area contributed by atoms with Crippen molar-refractivity contribution in [3.63, 3.8) is 0 Å². The first-order valence-electron chi connectivity index (χ1n) is 41.1. The lowest BCUT2D eigenvalue weighted by molar-refractivity contribution is 0.666. The molecule has 0 bridgehead atoms. The number of para-hydroxylation sites is 6. The molecule has 0 saturated heterocycles. The lowest BCUT2D eigenvalue weighted by atomic mass is 9.80. The van der Waals surface area contributed by atoms with E-state index >= 15 is 0 Å². The minimum Gasteiger partial charge on any atom is -0.455 e. The van der Waals surface area contributed by atoms with Gasteiger partial charge in [0.25, 0.3) is 0 Å². The molecular formula is C110H76N12O. The molecule has 0 amide bonds. The van der Waals surface area contributed by atoms with Gasteiger partial charge in [-0.25, -0.2) is 19.9 Å². The molecule has 1 aliphatic carbocycles. The van der Waals surface area contributed by atoms with Gasteiger partial charge in [-0.05, 0) is 101 Å². The van der Waals surface area contributed by atoms with Gasteiger partial charge in [0.2, 0.25) is 17.8 Å². The standard InChI is InChI=1S/C39H25N5.C36H26N4.C34H21N3O.CH4/c1-4-14-26(15-5-1)37-40-38(27-16-6-2-7-17-27)42-39(41-37)44-32-23-13-11-21-30(32)36-34(44)25-24-33-35(36)29-20-10-12-22-31(29)43(33)28-18-8-3-9-19-28;1-36(2)28-19-11-9-17-25(28)26-21-22-30-31(32(26)36)27-18-10-12-20-29(27)40(30)35-38-33(23-13-5-3-6-14-23)37-34(39-35)24-15-7-4-8-16-24;1-3-11-22(12-4-1)27-21-28(23-13-5-2-6-14-23)36-34(35-27)37-29-17-9-7-16-26(29)32-30(37)20-19-25-24-15-8-10-18-31(24)38-33(25)32;/h1-25H;3-22H,1-2H3;1-21H;1H4. The summed E-state index contributed by atoms with van der Waals surface area (Å²) in [4.78, 5) is 40.5. The monoisotopic (exact) mass is 1580 g/mol. The lowest BCUT2D eigenvalue weighted by Gasteiger charge is -2.22. The molecule has 0 saturated carbocycles. The van der Waals surface area contributed by atoms with Crippen molar-refractivity contribution in [1.29, 1.82) is 0 Å². The second-order valence-electron chi connectivity index (χ2n) is 31.3. The summed E-state index contributed by atoms with van der Waals surface area (Å²) in [5.74, 6) is 4.44. The molecule has 0 N–H and O–H groups in total. The van der Waals surface area contributed by atoms with Crippen LogP contribution in [0.5, 0.6) is 0 Å². The Balaban J connectivity index is 0.000000110. The summed E-state index contributed by atoms with van der Waals surface area (Å²) in [5.41, 5.74) is 24.5. The predicted molar refractivity (Wildman–Crippen MR) is 503 cm³/mol. The zero-order valence-corrected chi connectivity index (χ0v) is 66.4. The average molecular weight is 1580 g/mol. The Bertz CT molecular complexity index is 8030. The van der Waals surface area contributed by atoms with Crippen molar-refractivity contribution in [2.45, 2.75) is 26.7 Å². The summed E-state index contributed by atoms with van der Waals surface area (Å²) in [7, 11) is 0. The van der Waals surface area contributed by atoms with Gasteiger partial charge in [-0.15, -0.1) is 0 Å². The third-order valence-electron chi connectivity index (χ3n) is 23.8. The predicted octanol–water partition coefficient (Wildman–Crippen LogP) is 27.5. The molecule has 123 heavy (non-hydrogen) atoms. The van der Waals surface area contributed by atoms with Crippen LogP contribution in [0.1, 0.15) is 32.4 Å². The zero-order chi connectivity index (χ0) is 80.9. The third-order valence-corrected chi connectivity index (χ3v) is 23.8. The van der Waals surface area contributed by atoms with Crippen LogP contribution >= 0.6 is 0 Å². The Morgan fingerprint density at radius 3 is 1.02 bits per heavy atom. The van der Waals surface area contributed by atoms with Crippen LogP contribution < -0.4 is 0 Å². The van der Waals surface area contributed by atoms with E-state index in [2.05, 4.69) is 263 Å². The van der Waals surface area contributed by atoms with Crippen molar-refractivity contribution < 1.29 is 4.42 Å². The van der Waals surface area contributed by atoms with Crippen LogP contribution in [-0.4, -0.2) is 58.1 Å². The summed E-state index contributed by atoms with van der Waals surface area (Å²) in [6.07, 6.45) is 0. The van der Waals surface area contributed by atoms with Crippen molar-refractivity contribution in [3.05, 3.63) is 412 Å².